The van der Waals surface area contributed by atoms with Crippen LogP contribution in [0.1, 0.15) is 15.9 Å². The van der Waals surface area contributed by atoms with Gasteiger partial charge in [-0.05, 0) is 56.1 Å². The summed E-state index contributed by atoms with van der Waals surface area (Å²) >= 11 is 11.8. The lowest BCUT2D eigenvalue weighted by Crippen LogP contribution is -2.08. The Labute approximate surface area is 129 Å². The van der Waals surface area contributed by atoms with E-state index < -0.39 is 17.4 Å². The van der Waals surface area contributed by atoms with Gasteiger partial charge in [0, 0.05) is 8.95 Å². The molecule has 0 aromatic heterocycles. The van der Waals surface area contributed by atoms with Crippen LogP contribution in [0, 0.1) is 11.6 Å². The Balaban J connectivity index is 2.60. The Morgan fingerprint density at radius 1 is 1.05 bits per heavy atom. The Morgan fingerprint density at radius 3 is 2.37 bits per heavy atom. The summed E-state index contributed by atoms with van der Waals surface area (Å²) < 4.78 is 28.2. The summed E-state index contributed by atoms with van der Waals surface area (Å²) in [6, 6.07) is 6.78. The first kappa shape index (κ1) is 14.6. The molecule has 2 rings (SSSR count). The van der Waals surface area contributed by atoms with E-state index in [0.717, 1.165) is 6.07 Å². The summed E-state index contributed by atoms with van der Waals surface area (Å²) in [4.78, 5) is 12.2. The van der Waals surface area contributed by atoms with Gasteiger partial charge in [0.25, 0.3) is 0 Å². The summed E-state index contributed by atoms with van der Waals surface area (Å²) in [6.07, 6.45) is 0. The number of ketones is 1. The molecule has 0 aliphatic heterocycles. The Bertz CT molecular complexity index is 654. The number of benzene rings is 2. The van der Waals surface area contributed by atoms with Gasteiger partial charge in [0.1, 0.15) is 5.82 Å². The van der Waals surface area contributed by atoms with Crippen molar-refractivity contribution in [2.24, 2.45) is 0 Å². The number of hydrogen-bond acceptors (Lipinski definition) is 1. The van der Waals surface area contributed by atoms with Crippen LogP contribution in [0.25, 0.3) is 0 Å². The van der Waals surface area contributed by atoms with Gasteiger partial charge in [0.15, 0.2) is 11.6 Å². The van der Waals surface area contributed by atoms with Crippen LogP contribution in [0.2, 0.25) is 5.02 Å². The van der Waals surface area contributed by atoms with Gasteiger partial charge in [-0.2, -0.15) is 0 Å². The molecular formula is C13H5Br2ClF2O. The van der Waals surface area contributed by atoms with E-state index in [1.54, 1.807) is 0 Å². The largest absolute Gasteiger partial charge is 0.288 e. The summed E-state index contributed by atoms with van der Waals surface area (Å²) in [6.45, 7) is 0. The van der Waals surface area contributed by atoms with Crippen molar-refractivity contribution in [1.29, 1.82) is 0 Å². The van der Waals surface area contributed by atoms with Crippen molar-refractivity contribution in [3.05, 3.63) is 67.1 Å². The molecular weight excluding hydrogens is 405 g/mol. The molecule has 2 aromatic carbocycles. The highest BCUT2D eigenvalue weighted by Crippen LogP contribution is 2.30. The fraction of sp³-hybridized carbons (Fsp3) is 0. The van der Waals surface area contributed by atoms with Crippen LogP contribution in [-0.2, 0) is 0 Å². The second-order valence-corrected chi connectivity index (χ2v) is 5.74. The molecule has 1 nitrogen and oxygen atoms in total. The normalized spacial score (nSPS) is 10.6. The zero-order chi connectivity index (χ0) is 14.2. The van der Waals surface area contributed by atoms with Gasteiger partial charge in [-0.1, -0.05) is 17.7 Å². The molecule has 0 unspecified atom stereocenters. The van der Waals surface area contributed by atoms with E-state index in [9.17, 15) is 13.6 Å². The van der Waals surface area contributed by atoms with Crippen LogP contribution >= 0.6 is 43.5 Å². The van der Waals surface area contributed by atoms with Gasteiger partial charge in [0.05, 0.1) is 16.1 Å². The molecule has 0 aliphatic carbocycles. The molecule has 0 aliphatic rings. The van der Waals surface area contributed by atoms with Crippen LogP contribution < -0.4 is 0 Å². The van der Waals surface area contributed by atoms with Crippen molar-refractivity contribution in [2.45, 2.75) is 0 Å². The van der Waals surface area contributed by atoms with Crippen LogP contribution in [0.3, 0.4) is 0 Å². The van der Waals surface area contributed by atoms with E-state index in [4.69, 9.17) is 11.6 Å². The third-order valence-electron chi connectivity index (χ3n) is 2.47. The average molecular weight is 410 g/mol. The maximum Gasteiger partial charge on any atom is 0.200 e. The van der Waals surface area contributed by atoms with Crippen LogP contribution in [-0.4, -0.2) is 5.78 Å². The standard InChI is InChI=1S/C13H5Br2ClF2O/c14-7-2-1-3-9(17)10(7)13(19)6-4-5-8(15)11(16)12(6)18/h1-5H. The quantitative estimate of drug-likeness (QED) is 0.480. The first-order chi connectivity index (χ1) is 8.93. The molecule has 0 atom stereocenters. The topological polar surface area (TPSA) is 17.1 Å². The summed E-state index contributed by atoms with van der Waals surface area (Å²) in [7, 11) is 0. The van der Waals surface area contributed by atoms with Crippen molar-refractivity contribution in [3.8, 4) is 0 Å². The van der Waals surface area contributed by atoms with E-state index >= 15 is 0 Å². The maximum atomic E-state index is 13.9. The van der Waals surface area contributed by atoms with Crippen molar-refractivity contribution >= 4 is 49.2 Å². The first-order valence-corrected chi connectivity index (χ1v) is 7.02. The Kier molecular flexibility index (Phi) is 4.38. The van der Waals surface area contributed by atoms with E-state index in [2.05, 4.69) is 31.9 Å². The summed E-state index contributed by atoms with van der Waals surface area (Å²) in [5.41, 5.74) is -0.501. The number of rotatable bonds is 2. The second-order valence-electron chi connectivity index (χ2n) is 3.65. The monoisotopic (exact) mass is 408 g/mol. The highest BCUT2D eigenvalue weighted by atomic mass is 79.9. The third kappa shape index (κ3) is 2.73. The smallest absolute Gasteiger partial charge is 0.200 e. The van der Waals surface area contributed by atoms with E-state index in [-0.39, 0.29) is 20.6 Å². The molecule has 0 radical (unpaired) electrons. The van der Waals surface area contributed by atoms with Crippen molar-refractivity contribution in [1.82, 2.24) is 0 Å². The van der Waals surface area contributed by atoms with Crippen LogP contribution in [0.15, 0.2) is 39.3 Å². The Hall–Kier alpha value is -0.780. The van der Waals surface area contributed by atoms with Crippen LogP contribution in [0.4, 0.5) is 8.78 Å². The number of carbonyl (C=O) groups excluding carboxylic acids is 1. The van der Waals surface area contributed by atoms with E-state index in [0.29, 0.717) is 4.47 Å². The zero-order valence-corrected chi connectivity index (χ0v) is 13.1. The predicted octanol–water partition coefficient (Wildman–Crippen LogP) is 5.37. The van der Waals surface area contributed by atoms with E-state index in [1.807, 2.05) is 0 Å². The lowest BCUT2D eigenvalue weighted by atomic mass is 10.0. The molecule has 0 spiro atoms. The Morgan fingerprint density at radius 2 is 1.74 bits per heavy atom. The minimum atomic E-state index is -0.879. The maximum absolute atomic E-state index is 13.9. The van der Waals surface area contributed by atoms with Crippen LogP contribution in [0.5, 0.6) is 0 Å². The molecule has 0 fully saturated rings. The molecule has 0 saturated carbocycles. The summed E-state index contributed by atoms with van der Waals surface area (Å²) in [5.74, 6) is -2.37. The molecule has 2 aromatic rings. The average Bonchev–Trinajstić information content (AvgIpc) is 2.35. The number of hydrogen-bond donors (Lipinski definition) is 0. The fourth-order valence-electron chi connectivity index (χ4n) is 1.55. The van der Waals surface area contributed by atoms with Gasteiger partial charge in [-0.15, -0.1) is 0 Å². The molecule has 19 heavy (non-hydrogen) atoms. The van der Waals surface area contributed by atoms with Gasteiger partial charge in [-0.25, -0.2) is 8.78 Å². The lowest BCUT2D eigenvalue weighted by molar-refractivity contribution is 0.103. The molecule has 98 valence electrons. The van der Waals surface area contributed by atoms with Crippen molar-refractivity contribution < 1.29 is 13.6 Å². The molecule has 0 N–H and O–H groups in total. The SMILES string of the molecule is O=C(c1ccc(Br)c(Cl)c1F)c1c(F)cccc1Br. The van der Waals surface area contributed by atoms with Gasteiger partial charge in [-0.3, -0.25) is 4.79 Å². The minimum absolute atomic E-state index is 0.210. The zero-order valence-electron chi connectivity index (χ0n) is 9.18. The second kappa shape index (κ2) is 5.69. The van der Waals surface area contributed by atoms with Crippen molar-refractivity contribution in [3.63, 3.8) is 0 Å². The third-order valence-corrected chi connectivity index (χ3v) is 4.39. The highest BCUT2D eigenvalue weighted by molar-refractivity contribution is 9.10. The molecule has 0 amide bonds. The molecule has 0 heterocycles. The highest BCUT2D eigenvalue weighted by Gasteiger charge is 2.22. The summed E-state index contributed by atoms with van der Waals surface area (Å²) in [5, 5.41) is -0.210. The predicted molar refractivity (Wildman–Crippen MR) is 76.6 cm³/mol. The van der Waals surface area contributed by atoms with Gasteiger partial charge in [0.2, 0.25) is 0 Å². The van der Waals surface area contributed by atoms with Gasteiger partial charge >= 0.3 is 0 Å². The first-order valence-electron chi connectivity index (χ1n) is 5.05. The van der Waals surface area contributed by atoms with Gasteiger partial charge < -0.3 is 0 Å². The van der Waals surface area contributed by atoms with Crippen molar-refractivity contribution in [2.75, 3.05) is 0 Å². The molecule has 6 heteroatoms. The fourth-order valence-corrected chi connectivity index (χ4v) is 2.54. The number of halogens is 5. The lowest BCUT2D eigenvalue weighted by Gasteiger charge is -2.08. The molecule has 0 bridgehead atoms. The number of carbonyl (C=O) groups is 1. The van der Waals surface area contributed by atoms with E-state index in [1.165, 1.54) is 24.3 Å². The molecule has 0 saturated heterocycles. The minimum Gasteiger partial charge on any atom is -0.288 e.